The van der Waals surface area contributed by atoms with Crippen LogP contribution in [0.2, 0.25) is 0 Å². The highest BCUT2D eigenvalue weighted by molar-refractivity contribution is 14.1. The quantitative estimate of drug-likeness (QED) is 0.473. The van der Waals surface area contributed by atoms with E-state index in [1.165, 1.54) is 6.07 Å². The van der Waals surface area contributed by atoms with E-state index < -0.39 is 17.8 Å². The maximum Gasteiger partial charge on any atom is 0.416 e. The van der Waals surface area contributed by atoms with E-state index in [2.05, 4.69) is 28.0 Å². The molecule has 2 aromatic carbocycles. The fraction of sp³-hybridized carbons (Fsp3) is 0.143. The SMILES string of the molecule is NNC(c1ccc(I)cc1)c1cccc(C(F)(F)F)c1. The van der Waals surface area contributed by atoms with Crippen LogP contribution in [0.15, 0.2) is 48.5 Å². The predicted octanol–water partition coefficient (Wildman–Crippen LogP) is 3.86. The number of nitrogens with two attached hydrogens (primary N) is 1. The molecule has 0 saturated carbocycles. The Labute approximate surface area is 128 Å². The van der Waals surface area contributed by atoms with Gasteiger partial charge in [0.2, 0.25) is 0 Å². The minimum atomic E-state index is -4.36. The zero-order chi connectivity index (χ0) is 14.8. The Bertz CT molecular complexity index is 582. The zero-order valence-electron chi connectivity index (χ0n) is 10.3. The number of benzene rings is 2. The molecule has 20 heavy (non-hydrogen) atoms. The lowest BCUT2D eigenvalue weighted by Crippen LogP contribution is -2.29. The Hall–Kier alpha value is -1.12. The lowest BCUT2D eigenvalue weighted by Gasteiger charge is -2.18. The van der Waals surface area contributed by atoms with Crippen molar-refractivity contribution in [1.29, 1.82) is 0 Å². The van der Waals surface area contributed by atoms with Gasteiger partial charge in [0.25, 0.3) is 0 Å². The standard InChI is InChI=1S/C14H12F3IN2/c15-14(16,17)11-3-1-2-10(8-11)13(20-19)9-4-6-12(18)7-5-9/h1-8,13,20H,19H2. The van der Waals surface area contributed by atoms with Crippen molar-refractivity contribution in [3.8, 4) is 0 Å². The fourth-order valence-electron chi connectivity index (χ4n) is 1.93. The average molecular weight is 392 g/mol. The van der Waals surface area contributed by atoms with Crippen LogP contribution in [-0.4, -0.2) is 0 Å². The van der Waals surface area contributed by atoms with Crippen LogP contribution in [0.4, 0.5) is 13.2 Å². The predicted molar refractivity (Wildman–Crippen MR) is 79.8 cm³/mol. The van der Waals surface area contributed by atoms with E-state index in [1.807, 2.05) is 24.3 Å². The number of nitrogens with one attached hydrogen (secondary N) is 1. The van der Waals surface area contributed by atoms with E-state index >= 15 is 0 Å². The lowest BCUT2D eigenvalue weighted by atomic mass is 9.97. The number of halogens is 4. The minimum Gasteiger partial charge on any atom is -0.271 e. The van der Waals surface area contributed by atoms with Gasteiger partial charge >= 0.3 is 6.18 Å². The summed E-state index contributed by atoms with van der Waals surface area (Å²) in [6.45, 7) is 0. The molecular formula is C14H12F3IN2. The summed E-state index contributed by atoms with van der Waals surface area (Å²) >= 11 is 2.16. The maximum absolute atomic E-state index is 12.7. The molecule has 0 bridgehead atoms. The van der Waals surface area contributed by atoms with Crippen LogP contribution in [0.5, 0.6) is 0 Å². The number of hydrazine groups is 1. The number of hydrogen-bond donors (Lipinski definition) is 2. The second-order valence-electron chi connectivity index (χ2n) is 4.27. The third-order valence-corrected chi connectivity index (χ3v) is 3.64. The van der Waals surface area contributed by atoms with Crippen LogP contribution >= 0.6 is 22.6 Å². The van der Waals surface area contributed by atoms with Gasteiger partial charge in [0.15, 0.2) is 0 Å². The van der Waals surface area contributed by atoms with Crippen molar-refractivity contribution in [2.24, 2.45) is 5.84 Å². The Balaban J connectivity index is 2.39. The van der Waals surface area contributed by atoms with Crippen LogP contribution in [-0.2, 0) is 6.18 Å². The van der Waals surface area contributed by atoms with Gasteiger partial charge in [-0.1, -0.05) is 24.3 Å². The highest BCUT2D eigenvalue weighted by Gasteiger charge is 2.31. The van der Waals surface area contributed by atoms with E-state index in [9.17, 15) is 13.2 Å². The summed E-state index contributed by atoms with van der Waals surface area (Å²) < 4.78 is 39.3. The summed E-state index contributed by atoms with van der Waals surface area (Å²) in [5, 5.41) is 0. The van der Waals surface area contributed by atoms with Crippen molar-refractivity contribution in [3.63, 3.8) is 0 Å². The molecule has 3 N–H and O–H groups in total. The van der Waals surface area contributed by atoms with E-state index in [1.54, 1.807) is 6.07 Å². The van der Waals surface area contributed by atoms with Gasteiger partial charge in [0.05, 0.1) is 11.6 Å². The maximum atomic E-state index is 12.7. The fourth-order valence-corrected chi connectivity index (χ4v) is 2.29. The van der Waals surface area contributed by atoms with Crippen molar-refractivity contribution >= 4 is 22.6 Å². The molecule has 0 amide bonds. The second-order valence-corrected chi connectivity index (χ2v) is 5.52. The summed E-state index contributed by atoms with van der Waals surface area (Å²) in [7, 11) is 0. The number of rotatable bonds is 3. The normalized spacial score (nSPS) is 13.2. The number of alkyl halides is 3. The molecule has 0 aliphatic heterocycles. The molecule has 6 heteroatoms. The van der Waals surface area contributed by atoms with E-state index in [4.69, 9.17) is 5.84 Å². The van der Waals surface area contributed by atoms with Crippen molar-refractivity contribution in [2.45, 2.75) is 12.2 Å². The molecule has 0 saturated heterocycles. The molecule has 0 heterocycles. The largest absolute Gasteiger partial charge is 0.416 e. The van der Waals surface area contributed by atoms with E-state index in [0.29, 0.717) is 5.56 Å². The van der Waals surface area contributed by atoms with Gasteiger partial charge in [-0.05, 0) is 58.0 Å². The zero-order valence-corrected chi connectivity index (χ0v) is 12.4. The van der Waals surface area contributed by atoms with Crippen molar-refractivity contribution in [2.75, 3.05) is 0 Å². The molecule has 1 unspecified atom stereocenters. The third-order valence-electron chi connectivity index (χ3n) is 2.92. The van der Waals surface area contributed by atoms with Crippen LogP contribution in [0.1, 0.15) is 22.7 Å². The van der Waals surface area contributed by atoms with Crippen molar-refractivity contribution < 1.29 is 13.2 Å². The van der Waals surface area contributed by atoms with Crippen molar-refractivity contribution in [3.05, 3.63) is 68.8 Å². The second kappa shape index (κ2) is 6.11. The van der Waals surface area contributed by atoms with Gasteiger partial charge in [0, 0.05) is 3.57 Å². The van der Waals surface area contributed by atoms with Gasteiger partial charge < -0.3 is 0 Å². The van der Waals surface area contributed by atoms with Crippen LogP contribution < -0.4 is 11.3 Å². The summed E-state index contributed by atoms with van der Waals surface area (Å²) in [4.78, 5) is 0. The molecule has 0 aromatic heterocycles. The Kier molecular flexibility index (Phi) is 4.66. The van der Waals surface area contributed by atoms with Gasteiger partial charge in [0.1, 0.15) is 0 Å². The van der Waals surface area contributed by atoms with Crippen LogP contribution in [0.25, 0.3) is 0 Å². The van der Waals surface area contributed by atoms with Crippen molar-refractivity contribution in [1.82, 2.24) is 5.43 Å². The first-order chi connectivity index (χ1) is 9.41. The molecule has 2 nitrogen and oxygen atoms in total. The van der Waals surface area contributed by atoms with Gasteiger partial charge in [-0.15, -0.1) is 0 Å². The molecule has 2 rings (SSSR count). The molecule has 0 fully saturated rings. The lowest BCUT2D eigenvalue weighted by molar-refractivity contribution is -0.137. The Morgan fingerprint density at radius 1 is 1.00 bits per heavy atom. The van der Waals surface area contributed by atoms with E-state index in [0.717, 1.165) is 21.3 Å². The topological polar surface area (TPSA) is 38.0 Å². The summed E-state index contributed by atoms with van der Waals surface area (Å²) in [5.74, 6) is 5.50. The molecule has 0 spiro atoms. The van der Waals surface area contributed by atoms with Gasteiger partial charge in [-0.3, -0.25) is 5.84 Å². The van der Waals surface area contributed by atoms with Crippen LogP contribution in [0, 0.1) is 3.57 Å². The summed E-state index contributed by atoms with van der Waals surface area (Å²) in [6.07, 6.45) is -4.36. The highest BCUT2D eigenvalue weighted by Crippen LogP contribution is 2.32. The Morgan fingerprint density at radius 2 is 1.65 bits per heavy atom. The molecule has 0 aliphatic carbocycles. The summed E-state index contributed by atoms with van der Waals surface area (Å²) in [5.41, 5.74) is 3.17. The molecule has 0 aliphatic rings. The molecule has 2 aromatic rings. The molecular weight excluding hydrogens is 380 g/mol. The Morgan fingerprint density at radius 3 is 2.20 bits per heavy atom. The van der Waals surface area contributed by atoms with Gasteiger partial charge in [-0.2, -0.15) is 13.2 Å². The average Bonchev–Trinajstić information content (AvgIpc) is 2.41. The molecule has 106 valence electrons. The first-order valence-electron chi connectivity index (χ1n) is 5.80. The first kappa shape index (κ1) is 15.3. The van der Waals surface area contributed by atoms with E-state index in [-0.39, 0.29) is 0 Å². The minimum absolute atomic E-state index is 0.475. The monoisotopic (exact) mass is 392 g/mol. The number of hydrogen-bond acceptors (Lipinski definition) is 2. The third kappa shape index (κ3) is 3.50. The first-order valence-corrected chi connectivity index (χ1v) is 6.88. The summed E-state index contributed by atoms with van der Waals surface area (Å²) in [6, 6.07) is 12.1. The van der Waals surface area contributed by atoms with Gasteiger partial charge in [-0.25, -0.2) is 5.43 Å². The molecule has 1 atom stereocenters. The molecule has 0 radical (unpaired) electrons. The van der Waals surface area contributed by atoms with Crippen LogP contribution in [0.3, 0.4) is 0 Å². The smallest absolute Gasteiger partial charge is 0.271 e. The highest BCUT2D eigenvalue weighted by atomic mass is 127.